The van der Waals surface area contributed by atoms with Crippen molar-refractivity contribution in [2.75, 3.05) is 26.7 Å². The van der Waals surface area contributed by atoms with Gasteiger partial charge in [0.05, 0.1) is 19.6 Å². The molecule has 1 saturated heterocycles. The second-order valence-corrected chi connectivity index (χ2v) is 6.62. The summed E-state index contributed by atoms with van der Waals surface area (Å²) in [4.78, 5) is 18.3. The topological polar surface area (TPSA) is 57.4 Å². The number of piperazine rings is 1. The first-order valence-corrected chi connectivity index (χ1v) is 8.95. The number of para-hydroxylation sites is 1. The lowest BCUT2D eigenvalue weighted by atomic mass is 10.0. The molecule has 2 heterocycles. The molecule has 0 radical (unpaired) electrons. The molecule has 3 aromatic rings. The molecule has 0 spiro atoms. The predicted octanol–water partition coefficient (Wildman–Crippen LogP) is 2.89. The standard InChI is InChI=1S/C21H23N3O2/c1-26-17-8-6-15(7-9-17)20-14-22-10-11-24(20)21(25)12-16-13-23-19-5-3-2-4-18(16)19/h2-9,13,20,22-23H,10-12,14H2,1H3/t20-/m0/s1. The Labute approximate surface area is 153 Å². The predicted molar refractivity (Wildman–Crippen MR) is 102 cm³/mol. The maximum atomic E-state index is 13.1. The smallest absolute Gasteiger partial charge is 0.227 e. The summed E-state index contributed by atoms with van der Waals surface area (Å²) in [6, 6.07) is 16.1. The summed E-state index contributed by atoms with van der Waals surface area (Å²) in [7, 11) is 1.66. The Morgan fingerprint density at radius 1 is 1.19 bits per heavy atom. The van der Waals surface area contributed by atoms with Crippen LogP contribution in [-0.2, 0) is 11.2 Å². The Balaban J connectivity index is 1.56. The van der Waals surface area contributed by atoms with Crippen molar-refractivity contribution in [2.45, 2.75) is 12.5 Å². The highest BCUT2D eigenvalue weighted by Gasteiger charge is 2.28. The number of nitrogens with one attached hydrogen (secondary N) is 2. The third kappa shape index (κ3) is 3.18. The normalized spacial score (nSPS) is 17.4. The van der Waals surface area contributed by atoms with Crippen molar-refractivity contribution in [3.05, 3.63) is 65.9 Å². The lowest BCUT2D eigenvalue weighted by Gasteiger charge is -2.36. The Bertz CT molecular complexity index is 901. The van der Waals surface area contributed by atoms with E-state index in [2.05, 4.69) is 16.4 Å². The lowest BCUT2D eigenvalue weighted by molar-refractivity contribution is -0.133. The molecule has 2 N–H and O–H groups in total. The fraction of sp³-hybridized carbons (Fsp3) is 0.286. The number of hydrogen-bond donors (Lipinski definition) is 2. The van der Waals surface area contributed by atoms with Gasteiger partial charge in [-0.2, -0.15) is 0 Å². The van der Waals surface area contributed by atoms with Crippen LogP contribution in [0.2, 0.25) is 0 Å². The number of amides is 1. The van der Waals surface area contributed by atoms with E-state index in [1.54, 1.807) is 7.11 Å². The first-order valence-electron chi connectivity index (χ1n) is 8.95. The highest BCUT2D eigenvalue weighted by molar-refractivity contribution is 5.89. The molecule has 5 heteroatoms. The Hall–Kier alpha value is -2.79. The number of carbonyl (C=O) groups is 1. The number of benzene rings is 2. The van der Waals surface area contributed by atoms with Crippen LogP contribution in [0.5, 0.6) is 5.75 Å². The highest BCUT2D eigenvalue weighted by atomic mass is 16.5. The van der Waals surface area contributed by atoms with Crippen molar-refractivity contribution >= 4 is 16.8 Å². The Morgan fingerprint density at radius 2 is 2.00 bits per heavy atom. The first-order chi connectivity index (χ1) is 12.8. The third-order valence-corrected chi connectivity index (χ3v) is 5.08. The molecule has 2 aromatic carbocycles. The van der Waals surface area contributed by atoms with Gasteiger partial charge in [0.1, 0.15) is 5.75 Å². The minimum Gasteiger partial charge on any atom is -0.497 e. The summed E-state index contributed by atoms with van der Waals surface area (Å²) in [5.74, 6) is 0.992. The summed E-state index contributed by atoms with van der Waals surface area (Å²) >= 11 is 0. The molecular formula is C21H23N3O2. The van der Waals surface area contributed by atoms with Crippen molar-refractivity contribution in [3.63, 3.8) is 0 Å². The zero-order chi connectivity index (χ0) is 17.9. The van der Waals surface area contributed by atoms with Crippen molar-refractivity contribution in [3.8, 4) is 5.75 Å². The SMILES string of the molecule is COc1ccc([C@@H]2CNCCN2C(=O)Cc2c[nH]c3ccccc23)cc1. The molecule has 0 unspecified atom stereocenters. The second-order valence-electron chi connectivity index (χ2n) is 6.62. The summed E-state index contributed by atoms with van der Waals surface area (Å²) in [5, 5.41) is 4.53. The van der Waals surface area contributed by atoms with Crippen LogP contribution in [0.3, 0.4) is 0 Å². The van der Waals surface area contributed by atoms with E-state index in [4.69, 9.17) is 4.74 Å². The minimum absolute atomic E-state index is 0.0485. The van der Waals surface area contributed by atoms with Crippen molar-refractivity contribution in [1.82, 2.24) is 15.2 Å². The molecule has 0 aliphatic carbocycles. The van der Waals surface area contributed by atoms with Crippen molar-refractivity contribution in [1.29, 1.82) is 0 Å². The number of nitrogens with zero attached hydrogens (tertiary/aromatic N) is 1. The van der Waals surface area contributed by atoms with Gasteiger partial charge in [-0.3, -0.25) is 4.79 Å². The molecule has 1 amide bonds. The summed E-state index contributed by atoms with van der Waals surface area (Å²) < 4.78 is 5.24. The first kappa shape index (κ1) is 16.7. The van der Waals surface area contributed by atoms with Gasteiger partial charge >= 0.3 is 0 Å². The number of rotatable bonds is 4. The number of fused-ring (bicyclic) bond motifs is 1. The molecule has 1 aliphatic heterocycles. The molecule has 1 atom stereocenters. The summed E-state index contributed by atoms with van der Waals surface area (Å²) in [6.45, 7) is 2.32. The van der Waals surface area contributed by atoms with Gasteiger partial charge in [0, 0.05) is 36.7 Å². The van der Waals surface area contributed by atoms with Crippen LogP contribution in [0.1, 0.15) is 17.2 Å². The van der Waals surface area contributed by atoms with E-state index in [0.717, 1.165) is 47.4 Å². The van der Waals surface area contributed by atoms with Crippen LogP contribution in [0.15, 0.2) is 54.7 Å². The molecule has 0 bridgehead atoms. The van der Waals surface area contributed by atoms with Crippen molar-refractivity contribution < 1.29 is 9.53 Å². The van der Waals surface area contributed by atoms with E-state index in [9.17, 15) is 4.79 Å². The molecule has 0 saturated carbocycles. The lowest BCUT2D eigenvalue weighted by Crippen LogP contribution is -2.49. The molecule has 134 valence electrons. The zero-order valence-electron chi connectivity index (χ0n) is 14.9. The van der Waals surface area contributed by atoms with E-state index in [1.165, 1.54) is 0 Å². The number of carbonyl (C=O) groups excluding carboxylic acids is 1. The average Bonchev–Trinajstić information content (AvgIpc) is 3.11. The van der Waals surface area contributed by atoms with E-state index in [0.29, 0.717) is 6.42 Å². The number of ether oxygens (including phenoxy) is 1. The van der Waals surface area contributed by atoms with Gasteiger partial charge in [-0.05, 0) is 29.3 Å². The van der Waals surface area contributed by atoms with Gasteiger partial charge in [0.2, 0.25) is 5.91 Å². The Kier molecular flexibility index (Phi) is 4.63. The number of aromatic amines is 1. The van der Waals surface area contributed by atoms with E-state index in [-0.39, 0.29) is 11.9 Å². The van der Waals surface area contributed by atoms with E-state index in [1.807, 2.05) is 53.6 Å². The fourth-order valence-corrected chi connectivity index (χ4v) is 3.67. The van der Waals surface area contributed by atoms with Gasteiger partial charge in [-0.25, -0.2) is 0 Å². The molecule has 4 rings (SSSR count). The largest absolute Gasteiger partial charge is 0.497 e. The number of methoxy groups -OCH3 is 1. The monoisotopic (exact) mass is 349 g/mol. The van der Waals surface area contributed by atoms with Gasteiger partial charge < -0.3 is 19.9 Å². The van der Waals surface area contributed by atoms with Gasteiger partial charge in [0.15, 0.2) is 0 Å². The van der Waals surface area contributed by atoms with Crippen LogP contribution < -0.4 is 10.1 Å². The second kappa shape index (κ2) is 7.22. The number of aromatic nitrogens is 1. The zero-order valence-corrected chi connectivity index (χ0v) is 14.9. The molecule has 1 fully saturated rings. The van der Waals surface area contributed by atoms with Gasteiger partial charge in [-0.15, -0.1) is 0 Å². The number of hydrogen-bond acceptors (Lipinski definition) is 3. The molecular weight excluding hydrogens is 326 g/mol. The van der Waals surface area contributed by atoms with Crippen LogP contribution in [0.4, 0.5) is 0 Å². The molecule has 26 heavy (non-hydrogen) atoms. The van der Waals surface area contributed by atoms with Crippen LogP contribution in [0, 0.1) is 0 Å². The molecule has 1 aromatic heterocycles. The van der Waals surface area contributed by atoms with E-state index < -0.39 is 0 Å². The maximum Gasteiger partial charge on any atom is 0.227 e. The van der Waals surface area contributed by atoms with Crippen LogP contribution in [-0.4, -0.2) is 42.5 Å². The Morgan fingerprint density at radius 3 is 2.81 bits per heavy atom. The molecule has 1 aliphatic rings. The summed E-state index contributed by atoms with van der Waals surface area (Å²) in [5.41, 5.74) is 3.25. The van der Waals surface area contributed by atoms with E-state index >= 15 is 0 Å². The third-order valence-electron chi connectivity index (χ3n) is 5.08. The minimum atomic E-state index is 0.0485. The van der Waals surface area contributed by atoms with Gasteiger partial charge in [0.25, 0.3) is 0 Å². The summed E-state index contributed by atoms with van der Waals surface area (Å²) in [6.07, 6.45) is 2.36. The highest BCUT2D eigenvalue weighted by Crippen LogP contribution is 2.26. The molecule has 5 nitrogen and oxygen atoms in total. The quantitative estimate of drug-likeness (QED) is 0.761. The van der Waals surface area contributed by atoms with Gasteiger partial charge in [-0.1, -0.05) is 30.3 Å². The van der Waals surface area contributed by atoms with Crippen LogP contribution in [0.25, 0.3) is 10.9 Å². The van der Waals surface area contributed by atoms with Crippen molar-refractivity contribution in [2.24, 2.45) is 0 Å². The fourth-order valence-electron chi connectivity index (χ4n) is 3.67. The maximum absolute atomic E-state index is 13.1. The number of H-pyrrole nitrogens is 1. The average molecular weight is 349 g/mol. The van der Waals surface area contributed by atoms with Crippen LogP contribution >= 0.6 is 0 Å².